The Balaban J connectivity index is 3.25. The molecule has 0 aliphatic carbocycles. The number of aliphatic imine (C=N–C) groups is 1. The standard InChI is InChI=1S/C17H24FN5O3S/c1-21-16(25)10-14(23(11-27)6-2-5-22-17(19)20)13-9-12(18)3-4-15(13)26-8-7-24/h3-4,9-11,24H,2,5-8H2,1H3,(H,21,25)(H4,19,20,22)/b14-10-. The van der Waals surface area contributed by atoms with Gasteiger partial charge < -0.3 is 31.5 Å². The molecule has 0 aromatic heterocycles. The number of benzene rings is 1. The lowest BCUT2D eigenvalue weighted by atomic mass is 10.1. The number of ether oxygens (including phenoxy) is 1. The number of rotatable bonds is 11. The maximum absolute atomic E-state index is 13.9. The van der Waals surface area contributed by atoms with Crippen molar-refractivity contribution >= 4 is 35.3 Å². The van der Waals surface area contributed by atoms with Gasteiger partial charge >= 0.3 is 0 Å². The Morgan fingerprint density at radius 2 is 2.22 bits per heavy atom. The molecule has 27 heavy (non-hydrogen) atoms. The Morgan fingerprint density at radius 1 is 1.48 bits per heavy atom. The van der Waals surface area contributed by atoms with Crippen molar-refractivity contribution in [2.75, 3.05) is 33.4 Å². The Hall–Kier alpha value is -2.72. The third-order valence-corrected chi connectivity index (χ3v) is 3.62. The fraction of sp³-hybridized carbons (Fsp3) is 0.353. The smallest absolute Gasteiger partial charge is 0.245 e. The number of nitrogens with two attached hydrogens (primary N) is 2. The lowest BCUT2D eigenvalue weighted by Gasteiger charge is -2.24. The number of nitrogens with one attached hydrogen (secondary N) is 1. The first-order chi connectivity index (χ1) is 12.9. The van der Waals surface area contributed by atoms with Crippen LogP contribution in [0.5, 0.6) is 5.75 Å². The van der Waals surface area contributed by atoms with Gasteiger partial charge in [-0.05, 0) is 24.6 Å². The van der Waals surface area contributed by atoms with Crippen LogP contribution in [-0.2, 0) is 4.79 Å². The van der Waals surface area contributed by atoms with Crippen LogP contribution >= 0.6 is 12.2 Å². The van der Waals surface area contributed by atoms with E-state index in [0.717, 1.165) is 0 Å². The number of guanidine groups is 1. The molecule has 0 radical (unpaired) electrons. The summed E-state index contributed by atoms with van der Waals surface area (Å²) in [6.45, 7) is 0.569. The van der Waals surface area contributed by atoms with Gasteiger partial charge in [0.1, 0.15) is 18.2 Å². The van der Waals surface area contributed by atoms with Gasteiger partial charge in [0.15, 0.2) is 5.96 Å². The van der Waals surface area contributed by atoms with E-state index in [9.17, 15) is 9.18 Å². The molecule has 0 saturated heterocycles. The number of nitrogens with zero attached hydrogens (tertiary/aromatic N) is 2. The Morgan fingerprint density at radius 3 is 2.81 bits per heavy atom. The van der Waals surface area contributed by atoms with E-state index in [2.05, 4.69) is 10.3 Å². The molecular formula is C17H24FN5O3S. The van der Waals surface area contributed by atoms with Crippen LogP contribution in [0.3, 0.4) is 0 Å². The summed E-state index contributed by atoms with van der Waals surface area (Å²) in [5, 5.41) is 11.5. The molecular weight excluding hydrogens is 373 g/mol. The monoisotopic (exact) mass is 397 g/mol. The second-order valence-corrected chi connectivity index (χ2v) is 5.53. The summed E-state index contributed by atoms with van der Waals surface area (Å²) >= 11 is 5.07. The highest BCUT2D eigenvalue weighted by Gasteiger charge is 2.17. The molecule has 0 saturated carbocycles. The molecule has 0 aliphatic heterocycles. The first kappa shape index (κ1) is 22.3. The van der Waals surface area contributed by atoms with E-state index in [0.29, 0.717) is 36.5 Å². The maximum Gasteiger partial charge on any atom is 0.245 e. The molecule has 0 unspecified atom stereocenters. The Bertz CT molecular complexity index is 708. The normalized spacial score (nSPS) is 10.9. The highest BCUT2D eigenvalue weighted by atomic mass is 32.1. The van der Waals surface area contributed by atoms with Gasteiger partial charge in [-0.25, -0.2) is 4.39 Å². The molecule has 0 spiro atoms. The summed E-state index contributed by atoms with van der Waals surface area (Å²) in [4.78, 5) is 17.5. The van der Waals surface area contributed by atoms with Crippen LogP contribution in [-0.4, -0.2) is 60.7 Å². The van der Waals surface area contributed by atoms with E-state index in [1.54, 1.807) is 4.90 Å². The second-order valence-electron chi connectivity index (χ2n) is 5.32. The quantitative estimate of drug-likeness (QED) is 0.138. The van der Waals surface area contributed by atoms with Crippen molar-refractivity contribution in [2.24, 2.45) is 16.5 Å². The van der Waals surface area contributed by atoms with Crippen molar-refractivity contribution in [1.82, 2.24) is 10.2 Å². The van der Waals surface area contributed by atoms with E-state index in [1.165, 1.54) is 36.8 Å². The number of hydrogen-bond donors (Lipinski definition) is 4. The van der Waals surface area contributed by atoms with Crippen LogP contribution in [0, 0.1) is 5.82 Å². The molecule has 0 bridgehead atoms. The lowest BCUT2D eigenvalue weighted by molar-refractivity contribution is -0.116. The summed E-state index contributed by atoms with van der Waals surface area (Å²) in [5.41, 5.74) is 12.6. The molecule has 0 aliphatic rings. The molecule has 1 aromatic carbocycles. The summed E-state index contributed by atoms with van der Waals surface area (Å²) in [5.74, 6) is -0.607. The minimum absolute atomic E-state index is 0.0187. The summed E-state index contributed by atoms with van der Waals surface area (Å²) < 4.78 is 19.3. The van der Waals surface area contributed by atoms with Gasteiger partial charge in [-0.15, -0.1) is 0 Å². The van der Waals surface area contributed by atoms with Crippen molar-refractivity contribution in [1.29, 1.82) is 0 Å². The fourth-order valence-corrected chi connectivity index (χ4v) is 2.39. The van der Waals surface area contributed by atoms with E-state index in [-0.39, 0.29) is 19.2 Å². The highest BCUT2D eigenvalue weighted by Crippen LogP contribution is 2.29. The number of thiocarbonyl (C=S) groups is 1. The van der Waals surface area contributed by atoms with Crippen LogP contribution in [0.2, 0.25) is 0 Å². The summed E-state index contributed by atoms with van der Waals surface area (Å²) in [7, 11) is 1.48. The molecule has 1 rings (SSSR count). The van der Waals surface area contributed by atoms with Crippen LogP contribution in [0.1, 0.15) is 12.0 Å². The molecule has 10 heteroatoms. The lowest BCUT2D eigenvalue weighted by Crippen LogP contribution is -2.26. The first-order valence-electron chi connectivity index (χ1n) is 8.17. The van der Waals surface area contributed by atoms with Gasteiger partial charge in [0.25, 0.3) is 0 Å². The number of aliphatic hydroxyl groups is 1. The number of carbonyl (C=O) groups excluding carboxylic acids is 1. The van der Waals surface area contributed by atoms with Gasteiger partial charge in [-0.3, -0.25) is 9.79 Å². The SMILES string of the molecule is CNC(=O)/C=C(/c1cc(F)ccc1OCCO)N(C=S)CCCN=C(N)N. The molecule has 0 atom stereocenters. The number of aliphatic hydroxyl groups excluding tert-OH is 1. The molecule has 8 nitrogen and oxygen atoms in total. The predicted octanol–water partition coefficient (Wildman–Crippen LogP) is 0.206. The Labute approximate surface area is 162 Å². The first-order valence-corrected chi connectivity index (χ1v) is 8.64. The van der Waals surface area contributed by atoms with Crippen molar-refractivity contribution < 1.29 is 19.0 Å². The number of hydrogen-bond acceptors (Lipinski definition) is 5. The minimum Gasteiger partial charge on any atom is -0.490 e. The average Bonchev–Trinajstić information content (AvgIpc) is 2.65. The Kier molecular flexibility index (Phi) is 9.76. The van der Waals surface area contributed by atoms with Crippen LogP contribution in [0.4, 0.5) is 4.39 Å². The average molecular weight is 397 g/mol. The summed E-state index contributed by atoms with van der Waals surface area (Å²) in [6.07, 6.45) is 1.84. The molecule has 148 valence electrons. The molecule has 1 amide bonds. The van der Waals surface area contributed by atoms with Crippen LogP contribution in [0.25, 0.3) is 5.70 Å². The zero-order valence-corrected chi connectivity index (χ0v) is 15.8. The van der Waals surface area contributed by atoms with Gasteiger partial charge in [-0.1, -0.05) is 12.2 Å². The van der Waals surface area contributed by atoms with E-state index >= 15 is 0 Å². The molecule has 0 fully saturated rings. The van der Waals surface area contributed by atoms with E-state index < -0.39 is 11.7 Å². The van der Waals surface area contributed by atoms with Crippen molar-refractivity contribution in [3.63, 3.8) is 0 Å². The third kappa shape index (κ3) is 7.59. The van der Waals surface area contributed by atoms with Crippen molar-refractivity contribution in [3.8, 4) is 5.75 Å². The summed E-state index contributed by atoms with van der Waals surface area (Å²) in [6, 6.07) is 3.90. The minimum atomic E-state index is -0.506. The maximum atomic E-state index is 13.9. The van der Waals surface area contributed by atoms with Gasteiger partial charge in [0.2, 0.25) is 5.91 Å². The molecule has 0 heterocycles. The van der Waals surface area contributed by atoms with Gasteiger partial charge in [-0.2, -0.15) is 0 Å². The number of likely N-dealkylation sites (N-methyl/N-ethyl adjacent to an activating group) is 1. The van der Waals surface area contributed by atoms with E-state index in [1.807, 2.05) is 0 Å². The van der Waals surface area contributed by atoms with Gasteiger partial charge in [0, 0.05) is 31.8 Å². The van der Waals surface area contributed by atoms with Gasteiger partial charge in [0.05, 0.1) is 17.8 Å². The largest absolute Gasteiger partial charge is 0.490 e. The molecule has 6 N–H and O–H groups in total. The second kappa shape index (κ2) is 11.8. The number of amides is 1. The zero-order valence-electron chi connectivity index (χ0n) is 15.0. The van der Waals surface area contributed by atoms with Crippen LogP contribution in [0.15, 0.2) is 29.3 Å². The van der Waals surface area contributed by atoms with Crippen molar-refractivity contribution in [3.05, 3.63) is 35.7 Å². The predicted molar refractivity (Wildman–Crippen MR) is 107 cm³/mol. The zero-order chi connectivity index (χ0) is 20.2. The number of halogens is 1. The topological polar surface area (TPSA) is 126 Å². The number of carbonyl (C=O) groups is 1. The van der Waals surface area contributed by atoms with Crippen LogP contribution < -0.4 is 21.5 Å². The third-order valence-electron chi connectivity index (χ3n) is 3.37. The fourth-order valence-electron chi connectivity index (χ4n) is 2.17. The van der Waals surface area contributed by atoms with Crippen molar-refractivity contribution in [2.45, 2.75) is 6.42 Å². The van der Waals surface area contributed by atoms with E-state index in [4.69, 9.17) is 33.5 Å². The highest BCUT2D eigenvalue weighted by molar-refractivity contribution is 7.78. The molecule has 1 aromatic rings.